The molecule has 0 aliphatic rings. The van der Waals surface area contributed by atoms with E-state index in [1.54, 1.807) is 29.1 Å². The Hall–Kier alpha value is -4.52. The number of anilines is 1. The van der Waals surface area contributed by atoms with Crippen LogP contribution in [-0.4, -0.2) is 25.5 Å². The molecule has 2 aromatic heterocycles. The van der Waals surface area contributed by atoms with Gasteiger partial charge < -0.3 is 5.32 Å². The molecule has 0 fully saturated rings. The van der Waals surface area contributed by atoms with Crippen LogP contribution in [0.5, 0.6) is 0 Å². The van der Waals surface area contributed by atoms with Gasteiger partial charge in [0.1, 0.15) is 5.82 Å². The minimum atomic E-state index is -0.300. The zero-order valence-corrected chi connectivity index (χ0v) is 18.5. The second-order valence-electron chi connectivity index (χ2n) is 7.96. The number of hydrogen-bond acceptors (Lipinski definition) is 3. The van der Waals surface area contributed by atoms with Crippen LogP contribution in [0.4, 0.5) is 10.1 Å². The molecule has 1 amide bonds. The van der Waals surface area contributed by atoms with Crippen molar-refractivity contribution in [2.45, 2.75) is 6.54 Å². The first-order valence-corrected chi connectivity index (χ1v) is 10.8. The van der Waals surface area contributed by atoms with Crippen LogP contribution in [0.2, 0.25) is 0 Å². The van der Waals surface area contributed by atoms with Crippen LogP contribution in [-0.2, 0) is 18.4 Å². The van der Waals surface area contributed by atoms with E-state index in [0.717, 1.165) is 33.3 Å². The Balaban J connectivity index is 1.25. The van der Waals surface area contributed by atoms with E-state index in [2.05, 4.69) is 15.5 Å². The quantitative estimate of drug-likeness (QED) is 0.358. The average Bonchev–Trinajstić information content (AvgIpc) is 3.43. The van der Waals surface area contributed by atoms with Gasteiger partial charge in [-0.15, -0.1) is 0 Å². The predicted octanol–water partition coefficient (Wildman–Crippen LogP) is 5.28. The molecule has 0 unspecified atom stereocenters. The van der Waals surface area contributed by atoms with E-state index >= 15 is 0 Å². The normalized spacial score (nSPS) is 11.4. The van der Waals surface area contributed by atoms with Crippen LogP contribution in [0, 0.1) is 5.82 Å². The molecule has 6 nitrogen and oxygen atoms in total. The van der Waals surface area contributed by atoms with Gasteiger partial charge in [-0.25, -0.2) is 4.39 Å². The molecule has 2 heterocycles. The highest BCUT2D eigenvalue weighted by Crippen LogP contribution is 2.24. The van der Waals surface area contributed by atoms with Crippen molar-refractivity contribution in [1.29, 1.82) is 0 Å². The fourth-order valence-corrected chi connectivity index (χ4v) is 3.91. The molecule has 0 bridgehead atoms. The molecule has 34 heavy (non-hydrogen) atoms. The van der Waals surface area contributed by atoms with Crippen molar-refractivity contribution in [3.63, 3.8) is 0 Å². The Bertz CT molecular complexity index is 1480. The summed E-state index contributed by atoms with van der Waals surface area (Å²) in [5, 5.41) is 12.7. The molecule has 0 aliphatic heterocycles. The Morgan fingerprint density at radius 1 is 0.971 bits per heavy atom. The Morgan fingerprint density at radius 2 is 1.74 bits per heavy atom. The Labute approximate surface area is 196 Å². The summed E-state index contributed by atoms with van der Waals surface area (Å²) in [7, 11) is 1.81. The maximum atomic E-state index is 13.3. The second kappa shape index (κ2) is 9.15. The van der Waals surface area contributed by atoms with Crippen LogP contribution >= 0.6 is 0 Å². The van der Waals surface area contributed by atoms with Gasteiger partial charge in [-0.05, 0) is 54.1 Å². The van der Waals surface area contributed by atoms with Gasteiger partial charge in [0.2, 0.25) is 5.91 Å². The maximum Gasteiger partial charge on any atom is 0.248 e. The van der Waals surface area contributed by atoms with E-state index in [0.29, 0.717) is 12.2 Å². The number of carbonyl (C=O) groups excluding carboxylic acids is 1. The Morgan fingerprint density at radius 3 is 2.53 bits per heavy atom. The third kappa shape index (κ3) is 4.49. The van der Waals surface area contributed by atoms with Crippen LogP contribution < -0.4 is 5.32 Å². The van der Waals surface area contributed by atoms with Crippen molar-refractivity contribution in [3.05, 3.63) is 108 Å². The third-order valence-electron chi connectivity index (χ3n) is 5.60. The number of rotatable bonds is 6. The highest BCUT2D eigenvalue weighted by atomic mass is 19.1. The molecule has 168 valence electrons. The lowest BCUT2D eigenvalue weighted by Gasteiger charge is -2.07. The van der Waals surface area contributed by atoms with Crippen LogP contribution in [0.1, 0.15) is 11.1 Å². The lowest BCUT2D eigenvalue weighted by molar-refractivity contribution is -0.111. The van der Waals surface area contributed by atoms with Crippen LogP contribution in [0.3, 0.4) is 0 Å². The minimum absolute atomic E-state index is 0.250. The number of aromatic nitrogens is 4. The third-order valence-corrected chi connectivity index (χ3v) is 5.60. The van der Waals surface area contributed by atoms with E-state index in [1.165, 1.54) is 18.2 Å². The van der Waals surface area contributed by atoms with Gasteiger partial charge in [-0.2, -0.15) is 10.2 Å². The SMILES string of the molecule is Cn1ncc(/C=C/C(=O)Nc2ccc(Cn3ncc4ccccc43)cc2)c1-c1ccc(F)cc1. The summed E-state index contributed by atoms with van der Waals surface area (Å²) in [5.74, 6) is -0.550. The van der Waals surface area contributed by atoms with Crippen LogP contribution in [0.15, 0.2) is 91.3 Å². The molecule has 3 aromatic carbocycles. The molecule has 1 N–H and O–H groups in total. The molecule has 5 rings (SSSR count). The highest BCUT2D eigenvalue weighted by molar-refractivity contribution is 6.02. The van der Waals surface area contributed by atoms with Crippen molar-refractivity contribution in [2.24, 2.45) is 7.05 Å². The number of hydrogen-bond donors (Lipinski definition) is 1. The van der Waals surface area contributed by atoms with Crippen molar-refractivity contribution < 1.29 is 9.18 Å². The number of nitrogens with zero attached hydrogens (tertiary/aromatic N) is 4. The molecule has 7 heteroatoms. The summed E-state index contributed by atoms with van der Waals surface area (Å²) in [6.07, 6.45) is 6.71. The van der Waals surface area contributed by atoms with Crippen molar-refractivity contribution in [1.82, 2.24) is 19.6 Å². The monoisotopic (exact) mass is 451 g/mol. The molecule has 0 spiro atoms. The smallest absolute Gasteiger partial charge is 0.248 e. The number of aryl methyl sites for hydroxylation is 1. The highest BCUT2D eigenvalue weighted by Gasteiger charge is 2.10. The van der Waals surface area contributed by atoms with Crippen molar-refractivity contribution in [3.8, 4) is 11.3 Å². The van der Waals surface area contributed by atoms with Crippen molar-refractivity contribution in [2.75, 3.05) is 5.32 Å². The molecule has 5 aromatic rings. The minimum Gasteiger partial charge on any atom is -0.323 e. The fraction of sp³-hybridized carbons (Fsp3) is 0.0741. The Kier molecular flexibility index (Phi) is 5.74. The summed E-state index contributed by atoms with van der Waals surface area (Å²) in [6, 6.07) is 22.0. The number of nitrogens with one attached hydrogen (secondary N) is 1. The molecule has 0 saturated carbocycles. The molecule has 0 radical (unpaired) electrons. The summed E-state index contributed by atoms with van der Waals surface area (Å²) in [6.45, 7) is 0.648. The number of amides is 1. The van der Waals surface area contributed by atoms with E-state index in [4.69, 9.17) is 0 Å². The number of para-hydroxylation sites is 1. The molecule has 0 saturated heterocycles. The predicted molar refractivity (Wildman–Crippen MR) is 132 cm³/mol. The van der Waals surface area contributed by atoms with Crippen molar-refractivity contribution >= 4 is 28.6 Å². The van der Waals surface area contributed by atoms with E-state index in [9.17, 15) is 9.18 Å². The lowest BCUT2D eigenvalue weighted by Crippen LogP contribution is -2.08. The summed E-state index contributed by atoms with van der Waals surface area (Å²) < 4.78 is 16.9. The standard InChI is InChI=1S/C27H22FN5O/c1-32-27(20-8-11-23(28)12-9-20)22(17-29-32)10-15-26(34)31-24-13-6-19(7-14-24)18-33-25-5-3-2-4-21(25)16-30-33/h2-17H,18H2,1H3,(H,31,34)/b15-10+. The average molecular weight is 452 g/mol. The summed E-state index contributed by atoms with van der Waals surface area (Å²) in [5.41, 5.74) is 5.27. The van der Waals surface area contributed by atoms with Crippen LogP contribution in [0.25, 0.3) is 28.2 Å². The largest absolute Gasteiger partial charge is 0.323 e. The van der Waals surface area contributed by atoms with Gasteiger partial charge in [0.25, 0.3) is 0 Å². The second-order valence-corrected chi connectivity index (χ2v) is 7.96. The van der Waals surface area contributed by atoms with E-state index in [1.807, 2.05) is 66.5 Å². The first-order valence-electron chi connectivity index (χ1n) is 10.8. The van der Waals surface area contributed by atoms with Gasteiger partial charge in [0, 0.05) is 35.3 Å². The van der Waals surface area contributed by atoms with Gasteiger partial charge in [-0.1, -0.05) is 30.3 Å². The fourth-order valence-electron chi connectivity index (χ4n) is 3.91. The van der Waals surface area contributed by atoms with E-state index in [-0.39, 0.29) is 11.7 Å². The van der Waals surface area contributed by atoms with Gasteiger partial charge in [0.15, 0.2) is 0 Å². The van der Waals surface area contributed by atoms with Gasteiger partial charge in [0.05, 0.1) is 30.1 Å². The molecular weight excluding hydrogens is 429 g/mol. The maximum absolute atomic E-state index is 13.3. The molecule has 0 atom stereocenters. The first-order chi connectivity index (χ1) is 16.6. The summed E-state index contributed by atoms with van der Waals surface area (Å²) >= 11 is 0. The van der Waals surface area contributed by atoms with Gasteiger partial charge >= 0.3 is 0 Å². The van der Waals surface area contributed by atoms with Gasteiger partial charge in [-0.3, -0.25) is 14.2 Å². The lowest BCUT2D eigenvalue weighted by atomic mass is 10.1. The molecule has 0 aliphatic carbocycles. The number of benzene rings is 3. The number of halogens is 1. The summed E-state index contributed by atoms with van der Waals surface area (Å²) in [4.78, 5) is 12.5. The zero-order valence-electron chi connectivity index (χ0n) is 18.5. The first kappa shape index (κ1) is 21.3. The molecular formula is C27H22FN5O. The topological polar surface area (TPSA) is 64.7 Å². The van der Waals surface area contributed by atoms with E-state index < -0.39 is 0 Å². The number of carbonyl (C=O) groups is 1. The zero-order chi connectivity index (χ0) is 23.5. The number of fused-ring (bicyclic) bond motifs is 1.